The van der Waals surface area contributed by atoms with Crippen LogP contribution in [0.1, 0.15) is 19.8 Å². The van der Waals surface area contributed by atoms with E-state index in [9.17, 15) is 4.79 Å². The first kappa shape index (κ1) is 11.6. The molecule has 70 valence electrons. The monoisotopic (exact) mass is 191 g/mol. The Balaban J connectivity index is 0.000000354. The van der Waals surface area contributed by atoms with Crippen LogP contribution in [0.15, 0.2) is 0 Å². The Hall–Kier alpha value is -0.410. The largest absolute Gasteiger partial charge is 0.317 e. The Kier molecular flexibility index (Phi) is 7.00. The third-order valence-electron chi connectivity index (χ3n) is 1.91. The smallest absolute Gasteiger partial charge is 0.208 e. The molecule has 0 unspecified atom stereocenters. The number of Topliss-reactive ketones (excluding diaryl/α,β-unsaturated/α-hetero) is 1. The zero-order valence-electron chi connectivity index (χ0n) is 7.18. The Morgan fingerprint density at radius 3 is 2.17 bits per heavy atom. The molecule has 1 aliphatic heterocycles. The fourth-order valence-corrected chi connectivity index (χ4v) is 1.23. The van der Waals surface area contributed by atoms with Gasteiger partial charge in [0.15, 0.2) is 0 Å². The molecular formula is C8H14ClNO2. The first-order chi connectivity index (χ1) is 5.72. The first-order valence-corrected chi connectivity index (χ1v) is 4.41. The number of rotatable bonds is 1. The second-order valence-corrected chi connectivity index (χ2v) is 2.90. The molecule has 1 heterocycles. The van der Waals surface area contributed by atoms with Gasteiger partial charge >= 0.3 is 0 Å². The Bertz CT molecular complexity index is 144. The summed E-state index contributed by atoms with van der Waals surface area (Å²) >= 11 is 4.32. The lowest BCUT2D eigenvalue weighted by Crippen LogP contribution is -2.30. The number of hydrogen-bond donors (Lipinski definition) is 1. The molecule has 0 aliphatic carbocycles. The van der Waals surface area contributed by atoms with Crippen molar-refractivity contribution < 1.29 is 9.59 Å². The average molecular weight is 192 g/mol. The zero-order valence-corrected chi connectivity index (χ0v) is 7.93. The molecule has 0 bridgehead atoms. The van der Waals surface area contributed by atoms with Crippen molar-refractivity contribution in [1.29, 1.82) is 0 Å². The van der Waals surface area contributed by atoms with Gasteiger partial charge in [0.05, 0.1) is 0 Å². The third kappa shape index (κ3) is 5.27. The van der Waals surface area contributed by atoms with E-state index < -0.39 is 0 Å². The molecule has 0 aromatic heterocycles. The van der Waals surface area contributed by atoms with Crippen molar-refractivity contribution in [1.82, 2.24) is 5.32 Å². The number of hydrogen-bond acceptors (Lipinski definition) is 3. The van der Waals surface area contributed by atoms with Crippen molar-refractivity contribution in [2.45, 2.75) is 19.8 Å². The molecule has 1 aliphatic rings. The van der Waals surface area contributed by atoms with E-state index in [0.717, 1.165) is 25.9 Å². The van der Waals surface area contributed by atoms with Crippen LogP contribution < -0.4 is 5.32 Å². The van der Waals surface area contributed by atoms with Gasteiger partial charge in [-0.1, -0.05) is 0 Å². The molecule has 1 rings (SSSR count). The lowest BCUT2D eigenvalue weighted by molar-refractivity contribution is -0.121. The fourth-order valence-electron chi connectivity index (χ4n) is 1.23. The highest BCUT2D eigenvalue weighted by atomic mass is 35.5. The van der Waals surface area contributed by atoms with Crippen molar-refractivity contribution in [3.05, 3.63) is 0 Å². The van der Waals surface area contributed by atoms with Gasteiger partial charge in [-0.25, -0.2) is 0 Å². The lowest BCUT2D eigenvalue weighted by atomic mass is 9.95. The molecule has 1 saturated heterocycles. The van der Waals surface area contributed by atoms with E-state index >= 15 is 0 Å². The third-order valence-corrected chi connectivity index (χ3v) is 1.91. The molecule has 0 amide bonds. The number of piperidine rings is 1. The molecular weight excluding hydrogens is 178 g/mol. The van der Waals surface area contributed by atoms with Gasteiger partial charge in [0.25, 0.3) is 0 Å². The molecule has 0 aromatic rings. The summed E-state index contributed by atoms with van der Waals surface area (Å²) in [7, 11) is 0. The maximum Gasteiger partial charge on any atom is 0.208 e. The molecule has 0 spiro atoms. The van der Waals surface area contributed by atoms with E-state index in [1.165, 1.54) is 0 Å². The lowest BCUT2D eigenvalue weighted by Gasteiger charge is -2.19. The number of nitrogens with one attached hydrogen (secondary N) is 1. The minimum Gasteiger partial charge on any atom is -0.317 e. The van der Waals surface area contributed by atoms with E-state index in [1.54, 1.807) is 6.92 Å². The molecule has 0 saturated carbocycles. The quantitative estimate of drug-likeness (QED) is 0.497. The molecule has 0 aromatic carbocycles. The van der Waals surface area contributed by atoms with Gasteiger partial charge < -0.3 is 5.32 Å². The summed E-state index contributed by atoms with van der Waals surface area (Å²) < 4.78 is 0. The van der Waals surface area contributed by atoms with E-state index in [-0.39, 0.29) is 5.75 Å². The van der Waals surface area contributed by atoms with Crippen molar-refractivity contribution >= 4 is 23.1 Å². The van der Waals surface area contributed by atoms with E-state index in [2.05, 4.69) is 16.9 Å². The van der Waals surface area contributed by atoms with Gasteiger partial charge in [-0.05, 0) is 44.5 Å². The van der Waals surface area contributed by atoms with Crippen LogP contribution in [-0.4, -0.2) is 24.6 Å². The van der Waals surface area contributed by atoms with Crippen LogP contribution in [0.25, 0.3) is 0 Å². The second-order valence-electron chi connectivity index (χ2n) is 2.72. The van der Waals surface area contributed by atoms with E-state index in [4.69, 9.17) is 4.79 Å². The van der Waals surface area contributed by atoms with Crippen LogP contribution in [0.2, 0.25) is 0 Å². The Morgan fingerprint density at radius 2 is 1.92 bits per heavy atom. The number of ketones is 1. The fraction of sp³-hybridized carbons (Fsp3) is 0.750. The predicted octanol–water partition coefficient (Wildman–Crippen LogP) is 0.990. The topological polar surface area (TPSA) is 46.2 Å². The normalized spacial score (nSPS) is 17.5. The molecule has 12 heavy (non-hydrogen) atoms. The number of halogens is 1. The van der Waals surface area contributed by atoms with Crippen LogP contribution in [0, 0.1) is 5.92 Å². The Morgan fingerprint density at radius 1 is 1.50 bits per heavy atom. The number of carbonyl (C=O) groups is 2. The highest BCUT2D eigenvalue weighted by molar-refractivity contribution is 6.54. The SMILES string of the molecule is CC(=O)C1CCNCC1.O=CCl. The standard InChI is InChI=1S/C7H13NO.CHClO/c1-6(9)7-2-4-8-5-3-7;2-1-3/h7-8H,2-5H2,1H3;1H. The molecule has 1 fully saturated rings. The summed E-state index contributed by atoms with van der Waals surface area (Å²) in [5.74, 6) is 0.933. The maximum atomic E-state index is 10.8. The van der Waals surface area contributed by atoms with Crippen molar-refractivity contribution in [2.24, 2.45) is 5.92 Å². The predicted molar refractivity (Wildman–Crippen MR) is 48.9 cm³/mol. The molecule has 1 N–H and O–H groups in total. The summed E-state index contributed by atoms with van der Waals surface area (Å²) in [5.41, 5.74) is 0. The molecule has 0 atom stereocenters. The van der Waals surface area contributed by atoms with Gasteiger partial charge in [-0.2, -0.15) is 0 Å². The van der Waals surface area contributed by atoms with Gasteiger partial charge in [0.2, 0.25) is 5.75 Å². The summed E-state index contributed by atoms with van der Waals surface area (Å²) in [4.78, 5) is 19.3. The zero-order chi connectivity index (χ0) is 9.40. The molecule has 0 radical (unpaired) electrons. The average Bonchev–Trinajstić information content (AvgIpc) is 2.07. The van der Waals surface area contributed by atoms with Gasteiger partial charge in [-0.15, -0.1) is 0 Å². The van der Waals surface area contributed by atoms with Crippen molar-refractivity contribution in [3.8, 4) is 0 Å². The van der Waals surface area contributed by atoms with Crippen LogP contribution >= 0.6 is 11.6 Å². The Labute approximate surface area is 77.5 Å². The minimum atomic E-state index is 0.222. The van der Waals surface area contributed by atoms with Crippen LogP contribution in [0.5, 0.6) is 0 Å². The summed E-state index contributed by atoms with van der Waals surface area (Å²) in [6, 6.07) is 0. The van der Waals surface area contributed by atoms with Gasteiger partial charge in [0.1, 0.15) is 5.78 Å². The molecule has 3 nitrogen and oxygen atoms in total. The highest BCUT2D eigenvalue weighted by Gasteiger charge is 2.16. The molecule has 4 heteroatoms. The maximum absolute atomic E-state index is 10.8. The summed E-state index contributed by atoms with van der Waals surface area (Å²) in [6.07, 6.45) is 2.07. The van der Waals surface area contributed by atoms with Crippen LogP contribution in [0.4, 0.5) is 0 Å². The number of carbonyl (C=O) groups excluding carboxylic acids is 2. The van der Waals surface area contributed by atoms with Crippen molar-refractivity contribution in [2.75, 3.05) is 13.1 Å². The highest BCUT2D eigenvalue weighted by Crippen LogP contribution is 2.11. The van der Waals surface area contributed by atoms with E-state index in [1.807, 2.05) is 0 Å². The van der Waals surface area contributed by atoms with E-state index in [0.29, 0.717) is 11.7 Å². The second kappa shape index (κ2) is 7.25. The minimum absolute atomic E-state index is 0.222. The van der Waals surface area contributed by atoms with Crippen LogP contribution in [0.3, 0.4) is 0 Å². The van der Waals surface area contributed by atoms with Crippen LogP contribution in [-0.2, 0) is 9.59 Å². The summed E-state index contributed by atoms with van der Waals surface area (Å²) in [6.45, 7) is 3.73. The van der Waals surface area contributed by atoms with Crippen molar-refractivity contribution in [3.63, 3.8) is 0 Å². The van der Waals surface area contributed by atoms with Gasteiger partial charge in [-0.3, -0.25) is 9.59 Å². The first-order valence-electron chi connectivity index (χ1n) is 3.97. The van der Waals surface area contributed by atoms with Gasteiger partial charge in [0, 0.05) is 5.92 Å². The summed E-state index contributed by atoms with van der Waals surface area (Å²) in [5, 5.41) is 3.22.